The monoisotopic (exact) mass is 345 g/mol. The third-order valence-corrected chi connectivity index (χ3v) is 6.21. The van der Waals surface area contributed by atoms with E-state index in [0.717, 1.165) is 31.2 Å². The maximum absolute atomic E-state index is 11.8. The van der Waals surface area contributed by atoms with Crippen LogP contribution >= 0.6 is 19.3 Å². The summed E-state index contributed by atoms with van der Waals surface area (Å²) in [6.45, 7) is 4.18. The van der Waals surface area contributed by atoms with Crippen molar-refractivity contribution < 1.29 is 14.4 Å². The number of likely N-dealkylation sites (N-methyl/N-ethyl adjacent to an activating group) is 1. The number of halogens is 1. The van der Waals surface area contributed by atoms with Gasteiger partial charge in [0.2, 0.25) is 0 Å². The average Bonchev–Trinajstić information content (AvgIpc) is 2.36. The Balaban J connectivity index is 2.42. The lowest BCUT2D eigenvalue weighted by Gasteiger charge is -2.52. The summed E-state index contributed by atoms with van der Waals surface area (Å²) in [7, 11) is -2.72. The highest BCUT2D eigenvalue weighted by Gasteiger charge is 2.49. The van der Waals surface area contributed by atoms with Crippen LogP contribution in [0.1, 0.15) is 45.1 Å². The Bertz CT molecular complexity index is 551. The van der Waals surface area contributed by atoms with E-state index in [1.165, 1.54) is 4.67 Å². The Kier molecular flexibility index (Phi) is 5.41. The number of nitrogens with zero attached hydrogens (tertiary/aromatic N) is 1. The van der Waals surface area contributed by atoms with E-state index in [1.54, 1.807) is 7.05 Å². The molecular formula is C16H25ClNO3P. The molecule has 1 aliphatic rings. The molecule has 1 atom stereocenters. The zero-order valence-electron chi connectivity index (χ0n) is 13.4. The minimum atomic E-state index is -4.27. The Morgan fingerprint density at radius 1 is 1.27 bits per heavy atom. The smallest absolute Gasteiger partial charge is 0.312 e. The third kappa shape index (κ3) is 3.58. The number of hydrogen-bond acceptors (Lipinski definition) is 1. The normalized spacial score (nSPS) is 19.3. The summed E-state index contributed by atoms with van der Waals surface area (Å²) in [5, 5.41) is 0.682. The topological polar surface area (TPSA) is 60.8 Å². The maximum Gasteiger partial charge on any atom is 0.403 e. The lowest BCUT2D eigenvalue weighted by molar-refractivity contribution is 0.0927. The van der Waals surface area contributed by atoms with Gasteiger partial charge in [-0.3, -0.25) is 0 Å². The molecule has 0 saturated heterocycles. The molecule has 0 aliphatic heterocycles. The Morgan fingerprint density at radius 3 is 2.18 bits per heavy atom. The van der Waals surface area contributed by atoms with Crippen molar-refractivity contribution in [3.8, 4) is 0 Å². The molecule has 0 bridgehead atoms. The molecule has 1 aliphatic carbocycles. The van der Waals surface area contributed by atoms with Crippen LogP contribution in [0.15, 0.2) is 24.3 Å². The molecule has 0 spiro atoms. The highest BCUT2D eigenvalue weighted by molar-refractivity contribution is 7.49. The molecule has 0 radical (unpaired) electrons. The summed E-state index contributed by atoms with van der Waals surface area (Å²) >= 11 is 5.99. The van der Waals surface area contributed by atoms with Gasteiger partial charge in [-0.25, -0.2) is 9.24 Å². The summed E-state index contributed by atoms with van der Waals surface area (Å²) in [6.07, 6.45) is 3.75. The zero-order chi connectivity index (χ0) is 16.5. The molecule has 2 N–H and O–H groups in total. The van der Waals surface area contributed by atoms with Gasteiger partial charge in [-0.2, -0.15) is 0 Å². The molecule has 1 aromatic carbocycles. The van der Waals surface area contributed by atoms with Gasteiger partial charge in [0.05, 0.1) is 0 Å². The van der Waals surface area contributed by atoms with Crippen LogP contribution in [-0.4, -0.2) is 27.5 Å². The number of benzene rings is 1. The lowest BCUT2D eigenvalue weighted by atomic mass is 9.59. The molecule has 22 heavy (non-hydrogen) atoms. The molecule has 4 nitrogen and oxygen atoms in total. The Hall–Kier alpha value is -0.380. The molecule has 0 heterocycles. The van der Waals surface area contributed by atoms with Gasteiger partial charge in [0, 0.05) is 16.5 Å². The quantitative estimate of drug-likeness (QED) is 0.758. The molecule has 2 rings (SSSR count). The van der Waals surface area contributed by atoms with Crippen molar-refractivity contribution in [1.82, 2.24) is 4.67 Å². The van der Waals surface area contributed by atoms with Gasteiger partial charge in [0.25, 0.3) is 0 Å². The van der Waals surface area contributed by atoms with Crippen molar-refractivity contribution in [3.63, 3.8) is 0 Å². The predicted octanol–water partition coefficient (Wildman–Crippen LogP) is 4.20. The van der Waals surface area contributed by atoms with Crippen LogP contribution in [0, 0.1) is 5.92 Å². The molecule has 1 unspecified atom stereocenters. The van der Waals surface area contributed by atoms with Crippen molar-refractivity contribution >= 4 is 19.3 Å². The first-order chi connectivity index (χ1) is 10.2. The van der Waals surface area contributed by atoms with Gasteiger partial charge < -0.3 is 9.79 Å². The Morgan fingerprint density at radius 2 is 1.82 bits per heavy atom. The fourth-order valence-corrected chi connectivity index (χ4v) is 4.32. The van der Waals surface area contributed by atoms with Crippen molar-refractivity contribution in [1.29, 1.82) is 0 Å². The molecule has 124 valence electrons. The van der Waals surface area contributed by atoms with Gasteiger partial charge >= 0.3 is 7.75 Å². The van der Waals surface area contributed by atoms with E-state index in [2.05, 4.69) is 13.8 Å². The van der Waals surface area contributed by atoms with Crippen LogP contribution in [-0.2, 0) is 9.98 Å². The van der Waals surface area contributed by atoms with Crippen molar-refractivity contribution in [2.75, 3.05) is 7.05 Å². The molecule has 6 heteroatoms. The van der Waals surface area contributed by atoms with E-state index in [-0.39, 0.29) is 11.5 Å². The lowest BCUT2D eigenvalue weighted by Crippen LogP contribution is -2.52. The molecule has 0 aromatic heterocycles. The van der Waals surface area contributed by atoms with Crippen LogP contribution < -0.4 is 0 Å². The van der Waals surface area contributed by atoms with Crippen LogP contribution in [0.2, 0.25) is 5.02 Å². The zero-order valence-corrected chi connectivity index (χ0v) is 15.0. The standard InChI is InChI=1S/C16H25ClNO3P/c1-12(2)11-15(18(3)22(19,20)21)16(9-4-10-16)13-5-7-14(17)8-6-13/h5-8,12,15H,4,9-11H2,1-3H3,(H2,19,20,21). The first-order valence-electron chi connectivity index (χ1n) is 7.72. The van der Waals surface area contributed by atoms with Gasteiger partial charge in [-0.1, -0.05) is 44.0 Å². The van der Waals surface area contributed by atoms with Gasteiger partial charge in [0.1, 0.15) is 0 Å². The molecule has 1 saturated carbocycles. The van der Waals surface area contributed by atoms with Crippen molar-refractivity contribution in [2.24, 2.45) is 5.92 Å². The summed E-state index contributed by atoms with van der Waals surface area (Å²) in [5.41, 5.74) is 0.944. The maximum atomic E-state index is 11.8. The number of hydrogen-bond donors (Lipinski definition) is 2. The van der Waals surface area contributed by atoms with Crippen LogP contribution in [0.25, 0.3) is 0 Å². The molecule has 1 fully saturated rings. The van der Waals surface area contributed by atoms with E-state index in [1.807, 2.05) is 24.3 Å². The van der Waals surface area contributed by atoms with Gasteiger partial charge in [-0.05, 0) is 49.9 Å². The summed E-state index contributed by atoms with van der Waals surface area (Å²) in [6, 6.07) is 7.55. The van der Waals surface area contributed by atoms with Gasteiger partial charge in [0.15, 0.2) is 0 Å². The van der Waals surface area contributed by atoms with Gasteiger partial charge in [-0.15, -0.1) is 0 Å². The molecular weight excluding hydrogens is 321 g/mol. The fourth-order valence-electron chi connectivity index (χ4n) is 3.52. The van der Waals surface area contributed by atoms with E-state index >= 15 is 0 Å². The summed E-state index contributed by atoms with van der Waals surface area (Å²) < 4.78 is 13.1. The van der Waals surface area contributed by atoms with E-state index in [0.29, 0.717) is 10.9 Å². The summed E-state index contributed by atoms with van der Waals surface area (Å²) in [4.78, 5) is 19.3. The number of rotatable bonds is 6. The SMILES string of the molecule is CC(C)CC(N(C)P(=O)(O)O)C1(c2ccc(Cl)cc2)CCC1. The summed E-state index contributed by atoms with van der Waals surface area (Å²) in [5.74, 6) is 0.365. The highest BCUT2D eigenvalue weighted by Crippen LogP contribution is 2.54. The third-order valence-electron chi connectivity index (χ3n) is 4.86. The minimum absolute atomic E-state index is 0.178. The second kappa shape index (κ2) is 6.62. The van der Waals surface area contributed by atoms with Crippen LogP contribution in [0.4, 0.5) is 0 Å². The van der Waals surface area contributed by atoms with Crippen LogP contribution in [0.5, 0.6) is 0 Å². The van der Waals surface area contributed by atoms with E-state index in [4.69, 9.17) is 11.6 Å². The van der Waals surface area contributed by atoms with E-state index < -0.39 is 7.75 Å². The first kappa shape index (κ1) is 18.0. The molecule has 1 aromatic rings. The second-order valence-electron chi connectivity index (χ2n) is 6.75. The first-order valence-corrected chi connectivity index (χ1v) is 9.66. The molecule has 0 amide bonds. The second-order valence-corrected chi connectivity index (χ2v) is 8.84. The van der Waals surface area contributed by atoms with Crippen molar-refractivity contribution in [2.45, 2.75) is 51.0 Å². The fraction of sp³-hybridized carbons (Fsp3) is 0.625. The predicted molar refractivity (Wildman–Crippen MR) is 90.0 cm³/mol. The largest absolute Gasteiger partial charge is 0.403 e. The van der Waals surface area contributed by atoms with E-state index in [9.17, 15) is 14.4 Å². The van der Waals surface area contributed by atoms with Crippen LogP contribution in [0.3, 0.4) is 0 Å². The van der Waals surface area contributed by atoms with Crippen molar-refractivity contribution in [3.05, 3.63) is 34.9 Å². The Labute approximate surface area is 137 Å². The highest BCUT2D eigenvalue weighted by atomic mass is 35.5. The minimum Gasteiger partial charge on any atom is -0.312 e. The average molecular weight is 346 g/mol.